The summed E-state index contributed by atoms with van der Waals surface area (Å²) in [6.45, 7) is 6.07. The van der Waals surface area contributed by atoms with Crippen molar-refractivity contribution in [3.05, 3.63) is 0 Å². The van der Waals surface area contributed by atoms with Gasteiger partial charge in [-0.15, -0.1) is 0 Å². The maximum absolute atomic E-state index is 11.9. The second-order valence-electron chi connectivity index (χ2n) is 6.86. The van der Waals surface area contributed by atoms with Crippen molar-refractivity contribution < 1.29 is 14.6 Å². The Morgan fingerprint density at radius 1 is 1.24 bits per heavy atom. The number of likely N-dealkylation sites (tertiary alicyclic amines) is 1. The molecule has 0 aromatic carbocycles. The van der Waals surface area contributed by atoms with E-state index in [0.717, 1.165) is 45.2 Å². The van der Waals surface area contributed by atoms with E-state index in [1.54, 1.807) is 4.90 Å². The number of hydrogen-bond donors (Lipinski definition) is 2. The molecule has 5 heteroatoms. The Labute approximate surface area is 128 Å². The minimum atomic E-state index is -0.201. The van der Waals surface area contributed by atoms with Crippen LogP contribution in [0.5, 0.6) is 0 Å². The van der Waals surface area contributed by atoms with Gasteiger partial charge in [0.15, 0.2) is 0 Å². The molecule has 1 saturated heterocycles. The van der Waals surface area contributed by atoms with Crippen LogP contribution in [0.3, 0.4) is 0 Å². The van der Waals surface area contributed by atoms with E-state index in [1.165, 1.54) is 6.42 Å². The molecule has 5 nitrogen and oxygen atoms in total. The van der Waals surface area contributed by atoms with E-state index in [-0.39, 0.29) is 18.2 Å². The number of rotatable bonds is 4. The lowest BCUT2D eigenvalue weighted by molar-refractivity contribution is 0.0656. The Morgan fingerprint density at radius 3 is 2.52 bits per heavy atom. The van der Waals surface area contributed by atoms with Gasteiger partial charge in [0.2, 0.25) is 0 Å². The zero-order chi connectivity index (χ0) is 15.2. The molecule has 1 heterocycles. The monoisotopic (exact) mass is 298 g/mol. The molecule has 122 valence electrons. The molecule has 2 aliphatic rings. The van der Waals surface area contributed by atoms with Crippen LogP contribution in [0.2, 0.25) is 0 Å². The molecule has 1 saturated carbocycles. The van der Waals surface area contributed by atoms with Crippen molar-refractivity contribution in [3.8, 4) is 0 Å². The quantitative estimate of drug-likeness (QED) is 0.835. The summed E-state index contributed by atoms with van der Waals surface area (Å²) in [6, 6.07) is 0.653. The number of hydrogen-bond acceptors (Lipinski definition) is 4. The number of nitrogens with zero attached hydrogens (tertiary/aromatic N) is 1. The summed E-state index contributed by atoms with van der Waals surface area (Å²) in [7, 11) is 0. The average Bonchev–Trinajstić information content (AvgIpc) is 2.48. The number of aliphatic hydroxyl groups is 1. The third kappa shape index (κ3) is 5.15. The fraction of sp³-hybridized carbons (Fsp3) is 0.938. The summed E-state index contributed by atoms with van der Waals surface area (Å²) in [4.78, 5) is 13.7. The molecular weight excluding hydrogens is 268 g/mol. The zero-order valence-electron chi connectivity index (χ0n) is 13.4. The van der Waals surface area contributed by atoms with E-state index in [1.807, 2.05) is 13.8 Å². The first-order valence-electron chi connectivity index (χ1n) is 8.42. The lowest BCUT2D eigenvalue weighted by Crippen LogP contribution is -2.51. The molecule has 0 bridgehead atoms. The summed E-state index contributed by atoms with van der Waals surface area (Å²) < 4.78 is 5.27. The van der Waals surface area contributed by atoms with Crippen LogP contribution in [0.1, 0.15) is 52.4 Å². The smallest absolute Gasteiger partial charge is 0.409 e. The number of aliphatic hydroxyl groups excluding tert-OH is 1. The number of carbonyl (C=O) groups is 1. The van der Waals surface area contributed by atoms with Gasteiger partial charge in [0.1, 0.15) is 0 Å². The molecule has 0 radical (unpaired) electrons. The Hall–Kier alpha value is -0.810. The van der Waals surface area contributed by atoms with Gasteiger partial charge in [-0.05, 0) is 31.6 Å². The van der Waals surface area contributed by atoms with Gasteiger partial charge < -0.3 is 20.1 Å². The van der Waals surface area contributed by atoms with Crippen molar-refractivity contribution in [1.29, 1.82) is 0 Å². The van der Waals surface area contributed by atoms with Gasteiger partial charge in [0.05, 0.1) is 12.7 Å². The topological polar surface area (TPSA) is 61.8 Å². The molecule has 2 fully saturated rings. The number of ether oxygens (including phenoxy) is 1. The van der Waals surface area contributed by atoms with Crippen LogP contribution in [0.15, 0.2) is 0 Å². The Kier molecular flexibility index (Phi) is 6.30. The Morgan fingerprint density at radius 2 is 1.90 bits per heavy atom. The van der Waals surface area contributed by atoms with E-state index < -0.39 is 0 Å². The molecule has 2 N–H and O–H groups in total. The summed E-state index contributed by atoms with van der Waals surface area (Å²) >= 11 is 0. The van der Waals surface area contributed by atoms with E-state index >= 15 is 0 Å². The van der Waals surface area contributed by atoms with E-state index in [9.17, 15) is 9.90 Å². The molecule has 21 heavy (non-hydrogen) atoms. The van der Waals surface area contributed by atoms with E-state index in [2.05, 4.69) is 5.32 Å². The maximum atomic E-state index is 11.9. The zero-order valence-corrected chi connectivity index (χ0v) is 13.4. The fourth-order valence-electron chi connectivity index (χ4n) is 3.17. The molecule has 1 aliphatic heterocycles. The highest BCUT2D eigenvalue weighted by Crippen LogP contribution is 2.21. The lowest BCUT2D eigenvalue weighted by atomic mass is 9.91. The number of carbonyl (C=O) groups excluding carboxylic acids is 1. The van der Waals surface area contributed by atoms with Crippen molar-refractivity contribution in [2.45, 2.75) is 70.6 Å². The van der Waals surface area contributed by atoms with E-state index in [4.69, 9.17) is 4.74 Å². The Balaban J connectivity index is 1.69. The highest BCUT2D eigenvalue weighted by molar-refractivity contribution is 5.67. The van der Waals surface area contributed by atoms with Crippen molar-refractivity contribution in [2.75, 3.05) is 19.7 Å². The van der Waals surface area contributed by atoms with Gasteiger partial charge in [-0.2, -0.15) is 0 Å². The first-order chi connectivity index (χ1) is 10.1. The summed E-state index contributed by atoms with van der Waals surface area (Å²) in [5.74, 6) is 0.376. The lowest BCUT2D eigenvalue weighted by Gasteiger charge is -2.36. The molecule has 0 aromatic heterocycles. The van der Waals surface area contributed by atoms with Gasteiger partial charge in [0, 0.05) is 25.2 Å². The Bertz CT molecular complexity index is 327. The second kappa shape index (κ2) is 7.99. The van der Waals surface area contributed by atoms with Crippen LogP contribution >= 0.6 is 0 Å². The number of piperidine rings is 1. The summed E-state index contributed by atoms with van der Waals surface area (Å²) in [5.41, 5.74) is 0. The van der Waals surface area contributed by atoms with Crippen molar-refractivity contribution in [3.63, 3.8) is 0 Å². The minimum Gasteiger partial charge on any atom is -0.449 e. The van der Waals surface area contributed by atoms with Gasteiger partial charge in [-0.3, -0.25) is 0 Å². The van der Waals surface area contributed by atoms with Gasteiger partial charge in [-0.25, -0.2) is 4.79 Å². The summed E-state index contributed by atoms with van der Waals surface area (Å²) in [5, 5.41) is 13.6. The fourth-order valence-corrected chi connectivity index (χ4v) is 3.17. The van der Waals surface area contributed by atoms with Crippen LogP contribution in [0.25, 0.3) is 0 Å². The van der Waals surface area contributed by atoms with E-state index in [0.29, 0.717) is 18.6 Å². The average molecular weight is 298 g/mol. The van der Waals surface area contributed by atoms with Crippen LogP contribution in [0.4, 0.5) is 4.79 Å². The number of nitrogens with one attached hydrogen (secondary N) is 1. The molecule has 2 rings (SSSR count). The van der Waals surface area contributed by atoms with Gasteiger partial charge in [0.25, 0.3) is 0 Å². The SMILES string of the molecule is CC(C)COC(=O)N1CCC(NC2CCCCC2O)CC1. The molecule has 0 aromatic rings. The van der Waals surface area contributed by atoms with Crippen LogP contribution in [-0.2, 0) is 4.74 Å². The van der Waals surface area contributed by atoms with Gasteiger partial charge >= 0.3 is 6.09 Å². The van der Waals surface area contributed by atoms with Crippen LogP contribution in [-0.4, -0.2) is 54.0 Å². The molecule has 0 spiro atoms. The van der Waals surface area contributed by atoms with Crippen LogP contribution in [0, 0.1) is 5.92 Å². The molecule has 1 amide bonds. The predicted molar refractivity (Wildman–Crippen MR) is 82.2 cm³/mol. The molecular formula is C16H30N2O3. The van der Waals surface area contributed by atoms with Crippen molar-refractivity contribution in [1.82, 2.24) is 10.2 Å². The standard InChI is InChI=1S/C16H30N2O3/c1-12(2)11-21-16(20)18-9-7-13(8-10-18)17-14-5-3-4-6-15(14)19/h12-15,17,19H,3-11H2,1-2H3. The summed E-state index contributed by atoms with van der Waals surface area (Å²) in [6.07, 6.45) is 5.83. The molecule has 2 atom stereocenters. The highest BCUT2D eigenvalue weighted by Gasteiger charge is 2.29. The molecule has 1 aliphatic carbocycles. The van der Waals surface area contributed by atoms with Gasteiger partial charge in [-0.1, -0.05) is 26.7 Å². The minimum absolute atomic E-state index is 0.181. The largest absolute Gasteiger partial charge is 0.449 e. The third-order valence-electron chi connectivity index (χ3n) is 4.47. The predicted octanol–water partition coefficient (Wildman–Crippen LogP) is 2.14. The second-order valence-corrected chi connectivity index (χ2v) is 6.86. The normalized spacial score (nSPS) is 27.9. The first kappa shape index (κ1) is 16.6. The number of amides is 1. The highest BCUT2D eigenvalue weighted by atomic mass is 16.6. The first-order valence-corrected chi connectivity index (χ1v) is 8.42. The maximum Gasteiger partial charge on any atom is 0.409 e. The van der Waals surface area contributed by atoms with Crippen molar-refractivity contribution in [2.24, 2.45) is 5.92 Å². The van der Waals surface area contributed by atoms with Crippen molar-refractivity contribution >= 4 is 6.09 Å². The van der Waals surface area contributed by atoms with Crippen LogP contribution < -0.4 is 5.32 Å². The third-order valence-corrected chi connectivity index (χ3v) is 4.47. The molecule has 2 unspecified atom stereocenters.